The van der Waals surface area contributed by atoms with E-state index < -0.39 is 5.41 Å². The van der Waals surface area contributed by atoms with E-state index >= 15 is 0 Å². The number of rotatable bonds is 5. The van der Waals surface area contributed by atoms with Gasteiger partial charge in [-0.1, -0.05) is 48.5 Å². The third-order valence-corrected chi connectivity index (χ3v) is 4.88. The monoisotopic (exact) mass is 334 g/mol. The second kappa shape index (κ2) is 6.75. The van der Waals surface area contributed by atoms with Gasteiger partial charge < -0.3 is 9.88 Å². The summed E-state index contributed by atoms with van der Waals surface area (Å²) < 4.78 is 0. The predicted molar refractivity (Wildman–Crippen MR) is 103 cm³/mol. The normalized spacial score (nSPS) is 11.9. The van der Waals surface area contributed by atoms with Crippen molar-refractivity contribution in [3.8, 4) is 0 Å². The highest BCUT2D eigenvalue weighted by Crippen LogP contribution is 2.33. The number of nitrogens with zero attached hydrogens (tertiary/aromatic N) is 1. The number of aromatic nitrogens is 1. The highest BCUT2D eigenvalue weighted by atomic mass is 16.2. The summed E-state index contributed by atoms with van der Waals surface area (Å²) >= 11 is 0. The lowest BCUT2D eigenvalue weighted by molar-refractivity contribution is -0.138. The Hall–Kier alpha value is -2.55. The molecule has 130 valence electrons. The molecule has 3 nitrogen and oxygen atoms in total. The number of benzene rings is 2. The third-order valence-electron chi connectivity index (χ3n) is 4.88. The van der Waals surface area contributed by atoms with Crippen molar-refractivity contribution in [3.05, 3.63) is 71.9 Å². The first-order valence-electron chi connectivity index (χ1n) is 8.83. The quantitative estimate of drug-likeness (QED) is 0.709. The molecule has 3 rings (SSSR count). The summed E-state index contributed by atoms with van der Waals surface area (Å²) in [7, 11) is 0. The molecule has 3 aromatic rings. The second-order valence-electron chi connectivity index (χ2n) is 7.39. The topological polar surface area (TPSA) is 36.1 Å². The van der Waals surface area contributed by atoms with Crippen LogP contribution in [0.5, 0.6) is 0 Å². The zero-order valence-corrected chi connectivity index (χ0v) is 15.4. The van der Waals surface area contributed by atoms with Gasteiger partial charge in [-0.15, -0.1) is 0 Å². The molecule has 2 aromatic carbocycles. The molecule has 3 heteroatoms. The van der Waals surface area contributed by atoms with E-state index in [0.29, 0.717) is 6.54 Å². The van der Waals surface area contributed by atoms with Gasteiger partial charge in [-0.25, -0.2) is 0 Å². The summed E-state index contributed by atoms with van der Waals surface area (Å²) in [5.74, 6) is 0.149. The number of aromatic amines is 1. The van der Waals surface area contributed by atoms with Crippen LogP contribution in [-0.2, 0) is 16.8 Å². The lowest BCUT2D eigenvalue weighted by atomic mass is 9.82. The maximum Gasteiger partial charge on any atom is 0.233 e. The molecule has 1 N–H and O–H groups in total. The van der Waals surface area contributed by atoms with Crippen molar-refractivity contribution in [1.82, 2.24) is 9.88 Å². The van der Waals surface area contributed by atoms with Crippen molar-refractivity contribution in [1.29, 1.82) is 0 Å². The van der Waals surface area contributed by atoms with Crippen LogP contribution in [0.2, 0.25) is 0 Å². The third kappa shape index (κ3) is 3.32. The van der Waals surface area contributed by atoms with Crippen LogP contribution in [0.1, 0.15) is 38.8 Å². The average Bonchev–Trinajstić information content (AvgIpc) is 3.04. The van der Waals surface area contributed by atoms with Gasteiger partial charge in [0.2, 0.25) is 5.91 Å². The van der Waals surface area contributed by atoms with Gasteiger partial charge in [0.25, 0.3) is 0 Å². The first kappa shape index (κ1) is 17.3. The van der Waals surface area contributed by atoms with Gasteiger partial charge in [0, 0.05) is 29.7 Å². The summed E-state index contributed by atoms with van der Waals surface area (Å²) in [6.45, 7) is 8.82. The molecule has 0 fully saturated rings. The Balaban J connectivity index is 1.95. The number of carbonyl (C=O) groups is 1. The predicted octanol–water partition coefficient (Wildman–Crippen LogP) is 4.88. The highest BCUT2D eigenvalue weighted by molar-refractivity contribution is 5.94. The van der Waals surface area contributed by atoms with E-state index in [1.165, 1.54) is 0 Å². The Labute approximate surface area is 149 Å². The smallest absolute Gasteiger partial charge is 0.233 e. The van der Waals surface area contributed by atoms with Gasteiger partial charge in [-0.3, -0.25) is 4.79 Å². The van der Waals surface area contributed by atoms with Crippen LogP contribution >= 0.6 is 0 Å². The average molecular weight is 334 g/mol. The number of para-hydroxylation sites is 1. The molecule has 0 aliphatic heterocycles. The number of carbonyl (C=O) groups excluding carboxylic acids is 1. The fraction of sp³-hybridized carbons (Fsp3) is 0.318. The minimum absolute atomic E-state index is 0.136. The van der Waals surface area contributed by atoms with Crippen LogP contribution in [0.15, 0.2) is 60.8 Å². The fourth-order valence-corrected chi connectivity index (χ4v) is 3.33. The lowest BCUT2D eigenvalue weighted by Gasteiger charge is -2.35. The molecule has 0 aliphatic carbocycles. The Kier molecular flexibility index (Phi) is 4.67. The van der Waals surface area contributed by atoms with Gasteiger partial charge >= 0.3 is 0 Å². The van der Waals surface area contributed by atoms with E-state index in [0.717, 1.165) is 22.0 Å². The number of fused-ring (bicyclic) bond motifs is 1. The van der Waals surface area contributed by atoms with Crippen LogP contribution in [0.4, 0.5) is 0 Å². The standard InChI is InChI=1S/C22H26N2O/c1-16(2)24(15-17-10-6-5-7-11-17)21(25)22(3,4)19-14-23-20-13-9-8-12-18(19)20/h5-14,16,23H,15H2,1-4H3. The maximum absolute atomic E-state index is 13.5. The number of amides is 1. The molecular weight excluding hydrogens is 308 g/mol. The molecule has 0 spiro atoms. The van der Waals surface area contributed by atoms with Crippen molar-refractivity contribution in [3.63, 3.8) is 0 Å². The van der Waals surface area contributed by atoms with E-state index in [1.807, 2.05) is 61.3 Å². The van der Waals surface area contributed by atoms with E-state index in [1.54, 1.807) is 0 Å². The summed E-state index contributed by atoms with van der Waals surface area (Å²) in [5.41, 5.74) is 2.67. The number of hydrogen-bond donors (Lipinski definition) is 1. The molecule has 0 bridgehead atoms. The SMILES string of the molecule is CC(C)N(Cc1ccccc1)C(=O)C(C)(C)c1c[nH]c2ccccc12. The molecule has 0 atom stereocenters. The largest absolute Gasteiger partial charge is 0.361 e. The Morgan fingerprint density at radius 1 is 1.04 bits per heavy atom. The molecule has 1 amide bonds. The molecule has 1 heterocycles. The molecule has 0 aliphatic rings. The van der Waals surface area contributed by atoms with Gasteiger partial charge in [-0.05, 0) is 44.9 Å². The minimum atomic E-state index is -0.599. The lowest BCUT2D eigenvalue weighted by Crippen LogP contribution is -2.46. The van der Waals surface area contributed by atoms with Crippen molar-refractivity contribution < 1.29 is 4.79 Å². The van der Waals surface area contributed by atoms with Gasteiger partial charge in [0.1, 0.15) is 0 Å². The summed E-state index contributed by atoms with van der Waals surface area (Å²) in [4.78, 5) is 18.7. The zero-order chi connectivity index (χ0) is 18.0. The summed E-state index contributed by atoms with van der Waals surface area (Å²) in [6, 6.07) is 18.5. The summed E-state index contributed by atoms with van der Waals surface area (Å²) in [5, 5.41) is 1.12. The Bertz CT molecular complexity index is 862. The molecular formula is C22H26N2O. The van der Waals surface area contributed by atoms with Gasteiger partial charge in [0.15, 0.2) is 0 Å². The Morgan fingerprint density at radius 3 is 2.36 bits per heavy atom. The van der Waals surface area contributed by atoms with Crippen LogP contribution in [0.3, 0.4) is 0 Å². The fourth-order valence-electron chi connectivity index (χ4n) is 3.33. The van der Waals surface area contributed by atoms with E-state index in [-0.39, 0.29) is 11.9 Å². The molecule has 25 heavy (non-hydrogen) atoms. The van der Waals surface area contributed by atoms with Crippen LogP contribution < -0.4 is 0 Å². The highest BCUT2D eigenvalue weighted by Gasteiger charge is 2.36. The van der Waals surface area contributed by atoms with E-state index in [2.05, 4.69) is 37.0 Å². The van der Waals surface area contributed by atoms with Crippen molar-refractivity contribution in [2.24, 2.45) is 0 Å². The van der Waals surface area contributed by atoms with Gasteiger partial charge in [0.05, 0.1) is 5.41 Å². The molecule has 0 radical (unpaired) electrons. The van der Waals surface area contributed by atoms with Crippen molar-refractivity contribution in [2.75, 3.05) is 0 Å². The first-order valence-corrected chi connectivity index (χ1v) is 8.83. The van der Waals surface area contributed by atoms with Crippen molar-refractivity contribution >= 4 is 16.8 Å². The van der Waals surface area contributed by atoms with Crippen LogP contribution in [0.25, 0.3) is 10.9 Å². The van der Waals surface area contributed by atoms with Crippen molar-refractivity contribution in [2.45, 2.75) is 45.7 Å². The minimum Gasteiger partial charge on any atom is -0.361 e. The molecule has 1 aromatic heterocycles. The molecule has 0 saturated heterocycles. The number of hydrogen-bond acceptors (Lipinski definition) is 1. The maximum atomic E-state index is 13.5. The second-order valence-corrected chi connectivity index (χ2v) is 7.39. The Morgan fingerprint density at radius 2 is 1.68 bits per heavy atom. The first-order chi connectivity index (χ1) is 11.9. The van der Waals surface area contributed by atoms with Crippen LogP contribution in [0, 0.1) is 0 Å². The van der Waals surface area contributed by atoms with Crippen LogP contribution in [-0.4, -0.2) is 21.8 Å². The molecule has 0 unspecified atom stereocenters. The zero-order valence-electron chi connectivity index (χ0n) is 15.4. The molecule has 0 saturated carbocycles. The summed E-state index contributed by atoms with van der Waals surface area (Å²) in [6.07, 6.45) is 1.98. The number of nitrogens with one attached hydrogen (secondary N) is 1. The van der Waals surface area contributed by atoms with Gasteiger partial charge in [-0.2, -0.15) is 0 Å². The van der Waals surface area contributed by atoms with E-state index in [4.69, 9.17) is 0 Å². The number of H-pyrrole nitrogens is 1. The van der Waals surface area contributed by atoms with E-state index in [9.17, 15) is 4.79 Å².